The molecule has 0 radical (unpaired) electrons. The number of aromatic amines is 1. The quantitative estimate of drug-likeness (QED) is 0.383. The fraction of sp³-hybridized carbons (Fsp3) is 0.222. The average molecular weight is 353 g/mol. The third-order valence-corrected chi connectivity index (χ3v) is 3.88. The van der Waals surface area contributed by atoms with Crippen LogP contribution in [0.3, 0.4) is 0 Å². The van der Waals surface area contributed by atoms with Crippen molar-refractivity contribution in [1.82, 2.24) is 25.2 Å². The topological polar surface area (TPSA) is 106 Å². The van der Waals surface area contributed by atoms with Crippen molar-refractivity contribution in [1.29, 1.82) is 0 Å². The molecule has 0 aliphatic rings. The lowest BCUT2D eigenvalue weighted by Gasteiger charge is -2.08. The van der Waals surface area contributed by atoms with E-state index in [1.54, 1.807) is 19.4 Å². The molecule has 0 bridgehead atoms. The molecule has 134 valence electrons. The molecule has 26 heavy (non-hydrogen) atoms. The Hall–Kier alpha value is -3.26. The Morgan fingerprint density at radius 3 is 2.77 bits per heavy atom. The second kappa shape index (κ2) is 7.75. The fourth-order valence-corrected chi connectivity index (χ4v) is 2.54. The number of nitrogens with one attached hydrogen (secondary N) is 1. The average Bonchev–Trinajstić information content (AvgIpc) is 3.28. The van der Waals surface area contributed by atoms with E-state index in [4.69, 9.17) is 4.74 Å². The summed E-state index contributed by atoms with van der Waals surface area (Å²) in [5.74, 6) is -0.731. The highest BCUT2D eigenvalue weighted by atomic mass is 16.5. The number of tetrazole rings is 1. The van der Waals surface area contributed by atoms with Crippen molar-refractivity contribution in [2.75, 3.05) is 7.11 Å². The highest BCUT2D eigenvalue weighted by Crippen LogP contribution is 2.16. The van der Waals surface area contributed by atoms with Crippen molar-refractivity contribution in [3.05, 3.63) is 70.8 Å². The lowest BCUT2D eigenvalue weighted by atomic mass is 10.1. The number of ether oxygens (including phenoxy) is 1. The number of benzene rings is 1. The van der Waals surface area contributed by atoms with Gasteiger partial charge in [-0.05, 0) is 23.8 Å². The van der Waals surface area contributed by atoms with Crippen LogP contribution in [0.4, 0.5) is 0 Å². The lowest BCUT2D eigenvalue weighted by molar-refractivity contribution is 0.104. The Kier molecular flexibility index (Phi) is 5.23. The summed E-state index contributed by atoms with van der Waals surface area (Å²) >= 11 is 0. The lowest BCUT2D eigenvalue weighted by Crippen LogP contribution is -2.04. The predicted octanol–water partition coefficient (Wildman–Crippen LogP) is 2.29. The van der Waals surface area contributed by atoms with Crippen molar-refractivity contribution in [2.45, 2.75) is 20.1 Å². The summed E-state index contributed by atoms with van der Waals surface area (Å²) in [5, 5.41) is 22.7. The molecule has 2 N–H and O–H groups in total. The third-order valence-electron chi connectivity index (χ3n) is 3.88. The fourth-order valence-electron chi connectivity index (χ4n) is 2.54. The van der Waals surface area contributed by atoms with Crippen molar-refractivity contribution >= 4 is 11.5 Å². The van der Waals surface area contributed by atoms with Crippen molar-refractivity contribution in [3.63, 3.8) is 0 Å². The van der Waals surface area contributed by atoms with E-state index >= 15 is 0 Å². The van der Waals surface area contributed by atoms with Crippen LogP contribution >= 0.6 is 0 Å². The van der Waals surface area contributed by atoms with Gasteiger partial charge in [-0.2, -0.15) is 5.21 Å². The van der Waals surface area contributed by atoms with Gasteiger partial charge in [-0.15, -0.1) is 10.2 Å². The number of aryl methyl sites for hydroxylation is 1. The summed E-state index contributed by atoms with van der Waals surface area (Å²) in [6.07, 6.45) is 2.82. The first-order valence-corrected chi connectivity index (χ1v) is 7.99. The van der Waals surface area contributed by atoms with Gasteiger partial charge in [-0.3, -0.25) is 4.79 Å². The highest BCUT2D eigenvalue weighted by Gasteiger charge is 2.14. The standard InChI is InChI=1S/C18H19N5O3/c1-12-3-5-13(6-4-12)9-23-10-14(7-15(23)11-26-2)16(24)8-17(25)18-19-21-22-20-18/h3-8,10,25H,9,11H2,1-2H3,(H,19,20,21,22). The molecule has 0 aliphatic carbocycles. The van der Waals surface area contributed by atoms with Gasteiger partial charge >= 0.3 is 0 Å². The van der Waals surface area contributed by atoms with Gasteiger partial charge in [-0.25, -0.2) is 0 Å². The molecule has 8 nitrogen and oxygen atoms in total. The van der Waals surface area contributed by atoms with Crippen LogP contribution in [-0.2, 0) is 17.9 Å². The second-order valence-corrected chi connectivity index (χ2v) is 5.90. The number of methoxy groups -OCH3 is 1. The molecule has 0 unspecified atom stereocenters. The minimum Gasteiger partial charge on any atom is -0.504 e. The smallest absolute Gasteiger partial charge is 0.239 e. The first-order chi connectivity index (χ1) is 12.6. The zero-order valence-corrected chi connectivity index (χ0v) is 14.5. The van der Waals surface area contributed by atoms with Gasteiger partial charge in [-0.1, -0.05) is 29.8 Å². The molecule has 0 saturated heterocycles. The number of allylic oxidation sites excluding steroid dienone is 1. The number of aliphatic hydroxyl groups excluding tert-OH is 1. The first kappa shape index (κ1) is 17.6. The predicted molar refractivity (Wildman–Crippen MR) is 94.5 cm³/mol. The summed E-state index contributed by atoms with van der Waals surface area (Å²) < 4.78 is 7.19. The molecule has 3 aromatic rings. The molecule has 2 aromatic heterocycles. The number of ketones is 1. The molecule has 3 rings (SSSR count). The molecule has 2 heterocycles. The summed E-state index contributed by atoms with van der Waals surface area (Å²) in [5.41, 5.74) is 3.62. The number of rotatable bonds is 7. The number of hydrogen-bond donors (Lipinski definition) is 2. The Morgan fingerprint density at radius 1 is 1.35 bits per heavy atom. The van der Waals surface area contributed by atoms with Crippen LogP contribution in [-0.4, -0.2) is 43.2 Å². The van der Waals surface area contributed by atoms with Crippen molar-refractivity contribution in [2.24, 2.45) is 0 Å². The van der Waals surface area contributed by atoms with E-state index in [0.29, 0.717) is 18.7 Å². The van der Waals surface area contributed by atoms with E-state index in [9.17, 15) is 9.90 Å². The zero-order valence-electron chi connectivity index (χ0n) is 14.5. The van der Waals surface area contributed by atoms with E-state index in [2.05, 4.69) is 32.8 Å². The van der Waals surface area contributed by atoms with E-state index < -0.39 is 0 Å². The number of H-pyrrole nitrogens is 1. The van der Waals surface area contributed by atoms with Crippen LogP contribution in [0.1, 0.15) is 33.0 Å². The zero-order chi connectivity index (χ0) is 18.5. The number of hydrogen-bond acceptors (Lipinski definition) is 6. The van der Waals surface area contributed by atoms with E-state index in [-0.39, 0.29) is 17.4 Å². The third kappa shape index (κ3) is 4.04. The molecule has 0 amide bonds. The molecule has 0 aliphatic heterocycles. The van der Waals surface area contributed by atoms with Crippen LogP contribution in [0, 0.1) is 6.92 Å². The molecule has 0 atom stereocenters. The maximum atomic E-state index is 12.4. The van der Waals surface area contributed by atoms with Crippen LogP contribution < -0.4 is 0 Å². The molecule has 0 fully saturated rings. The first-order valence-electron chi connectivity index (χ1n) is 7.99. The molecule has 8 heteroatoms. The molecule has 1 aromatic carbocycles. The van der Waals surface area contributed by atoms with Gasteiger partial charge in [0.15, 0.2) is 11.5 Å². The Bertz CT molecular complexity index is 911. The van der Waals surface area contributed by atoms with E-state index in [0.717, 1.165) is 17.3 Å². The van der Waals surface area contributed by atoms with Gasteiger partial charge in [0.25, 0.3) is 0 Å². The maximum Gasteiger partial charge on any atom is 0.239 e. The summed E-state index contributed by atoms with van der Waals surface area (Å²) in [6.45, 7) is 3.03. The number of carbonyl (C=O) groups excluding carboxylic acids is 1. The van der Waals surface area contributed by atoms with Crippen molar-refractivity contribution in [3.8, 4) is 0 Å². The molecule has 0 saturated carbocycles. The minimum atomic E-state index is -0.354. The maximum absolute atomic E-state index is 12.4. The number of aliphatic hydroxyl groups is 1. The molecule has 0 spiro atoms. The SMILES string of the molecule is COCc1cc(C(=O)C=C(O)c2nn[nH]n2)cn1Cc1ccc(C)cc1. The molecular formula is C18H19N5O3. The van der Waals surface area contributed by atoms with Crippen LogP contribution in [0.15, 0.2) is 42.6 Å². The van der Waals surface area contributed by atoms with Crippen molar-refractivity contribution < 1.29 is 14.6 Å². The Balaban J connectivity index is 1.85. The van der Waals surface area contributed by atoms with Crippen LogP contribution in [0.2, 0.25) is 0 Å². The monoisotopic (exact) mass is 353 g/mol. The minimum absolute atomic E-state index is 0.0328. The Labute approximate surface area is 150 Å². The van der Waals surface area contributed by atoms with Gasteiger partial charge in [0.1, 0.15) is 0 Å². The highest BCUT2D eigenvalue weighted by molar-refractivity contribution is 6.07. The summed E-state index contributed by atoms with van der Waals surface area (Å²) in [4.78, 5) is 12.4. The number of nitrogens with zero attached hydrogens (tertiary/aromatic N) is 4. The van der Waals surface area contributed by atoms with Crippen LogP contribution in [0.25, 0.3) is 5.76 Å². The van der Waals surface area contributed by atoms with Gasteiger partial charge in [0.05, 0.1) is 6.61 Å². The van der Waals surface area contributed by atoms with Crippen LogP contribution in [0.5, 0.6) is 0 Å². The second-order valence-electron chi connectivity index (χ2n) is 5.90. The van der Waals surface area contributed by atoms with Gasteiger partial charge < -0.3 is 14.4 Å². The largest absolute Gasteiger partial charge is 0.504 e. The number of carbonyl (C=O) groups is 1. The summed E-state index contributed by atoms with van der Waals surface area (Å²) in [7, 11) is 1.60. The normalized spacial score (nSPS) is 11.7. The molecular weight excluding hydrogens is 334 g/mol. The van der Waals surface area contributed by atoms with Gasteiger partial charge in [0, 0.05) is 37.2 Å². The van der Waals surface area contributed by atoms with E-state index in [1.165, 1.54) is 5.56 Å². The number of aromatic nitrogens is 5. The Morgan fingerprint density at radius 2 is 2.12 bits per heavy atom. The summed E-state index contributed by atoms with van der Waals surface area (Å²) in [6, 6.07) is 9.95. The van der Waals surface area contributed by atoms with Gasteiger partial charge in [0.2, 0.25) is 5.82 Å². The van der Waals surface area contributed by atoms with E-state index in [1.807, 2.05) is 23.6 Å².